The van der Waals surface area contributed by atoms with Gasteiger partial charge in [-0.25, -0.2) is 0 Å². The molecule has 4 heteroatoms. The second-order valence-corrected chi connectivity index (χ2v) is 3.64. The first-order valence-electron chi connectivity index (χ1n) is 3.71. The molecule has 3 nitrogen and oxygen atoms in total. The minimum absolute atomic E-state index is 0.150. The van der Waals surface area contributed by atoms with E-state index in [1.807, 2.05) is 6.07 Å². The molecule has 0 fully saturated rings. The monoisotopic (exact) mass is 238 g/mol. The van der Waals surface area contributed by atoms with Crippen LogP contribution in [0.2, 0.25) is 0 Å². The molecule has 0 radical (unpaired) electrons. The van der Waals surface area contributed by atoms with Gasteiger partial charge in [-0.05, 0) is 34.1 Å². The maximum Gasteiger partial charge on any atom is 0.141 e. The SMILES string of the molecule is Nc1ccc(O)c2ncc(Br)cc12. The van der Waals surface area contributed by atoms with E-state index in [1.54, 1.807) is 18.3 Å². The van der Waals surface area contributed by atoms with Crippen LogP contribution in [0.1, 0.15) is 0 Å². The third-order valence-corrected chi connectivity index (χ3v) is 2.26. The third kappa shape index (κ3) is 1.33. The zero-order valence-electron chi connectivity index (χ0n) is 6.66. The fourth-order valence-corrected chi connectivity index (χ4v) is 1.53. The van der Waals surface area contributed by atoms with E-state index in [1.165, 1.54) is 0 Å². The summed E-state index contributed by atoms with van der Waals surface area (Å²) in [7, 11) is 0. The number of nitrogens with two attached hydrogens (primary N) is 1. The number of aromatic hydroxyl groups is 1. The molecule has 0 bridgehead atoms. The summed E-state index contributed by atoms with van der Waals surface area (Å²) in [6, 6.07) is 5.03. The molecule has 0 atom stereocenters. The van der Waals surface area contributed by atoms with Crippen molar-refractivity contribution < 1.29 is 5.11 Å². The number of benzene rings is 1. The summed E-state index contributed by atoms with van der Waals surface area (Å²) < 4.78 is 0.845. The molecule has 1 heterocycles. The van der Waals surface area contributed by atoms with Gasteiger partial charge in [-0.15, -0.1) is 0 Å². The molecule has 66 valence electrons. The van der Waals surface area contributed by atoms with Crippen LogP contribution in [0.4, 0.5) is 5.69 Å². The number of pyridine rings is 1. The lowest BCUT2D eigenvalue weighted by molar-refractivity contribution is 0.480. The first kappa shape index (κ1) is 8.31. The van der Waals surface area contributed by atoms with Crippen LogP contribution in [0.3, 0.4) is 0 Å². The van der Waals surface area contributed by atoms with Crippen LogP contribution in [0, 0.1) is 0 Å². The molecular weight excluding hydrogens is 232 g/mol. The summed E-state index contributed by atoms with van der Waals surface area (Å²) in [5.41, 5.74) is 6.87. The van der Waals surface area contributed by atoms with Gasteiger partial charge in [0.05, 0.1) is 0 Å². The molecule has 3 N–H and O–H groups in total. The Hall–Kier alpha value is -1.29. The molecule has 1 aromatic carbocycles. The molecule has 0 spiro atoms. The first-order chi connectivity index (χ1) is 6.18. The average molecular weight is 239 g/mol. The minimum atomic E-state index is 0.150. The Kier molecular flexibility index (Phi) is 1.84. The van der Waals surface area contributed by atoms with Gasteiger partial charge in [0.25, 0.3) is 0 Å². The Morgan fingerprint density at radius 2 is 2.15 bits per heavy atom. The number of fused-ring (bicyclic) bond motifs is 1. The van der Waals surface area contributed by atoms with E-state index in [4.69, 9.17) is 5.73 Å². The zero-order chi connectivity index (χ0) is 9.42. The van der Waals surface area contributed by atoms with Gasteiger partial charge in [0.2, 0.25) is 0 Å². The number of anilines is 1. The normalized spacial score (nSPS) is 10.5. The highest BCUT2D eigenvalue weighted by Gasteiger charge is 2.04. The van der Waals surface area contributed by atoms with E-state index in [2.05, 4.69) is 20.9 Å². The number of rotatable bonds is 0. The number of nitrogen functional groups attached to an aromatic ring is 1. The molecule has 13 heavy (non-hydrogen) atoms. The highest BCUT2D eigenvalue weighted by molar-refractivity contribution is 9.10. The summed E-state index contributed by atoms with van der Waals surface area (Å²) in [6.45, 7) is 0. The van der Waals surface area contributed by atoms with Gasteiger partial charge >= 0.3 is 0 Å². The van der Waals surface area contributed by atoms with Gasteiger partial charge in [0.1, 0.15) is 11.3 Å². The maximum absolute atomic E-state index is 9.45. The summed E-state index contributed by atoms with van der Waals surface area (Å²) >= 11 is 3.29. The van der Waals surface area contributed by atoms with Crippen LogP contribution in [-0.2, 0) is 0 Å². The van der Waals surface area contributed by atoms with E-state index < -0.39 is 0 Å². The highest BCUT2D eigenvalue weighted by Crippen LogP contribution is 2.28. The molecule has 0 saturated heterocycles. The topological polar surface area (TPSA) is 59.1 Å². The number of phenolic OH excluding ortho intramolecular Hbond substituents is 1. The molecule has 0 unspecified atom stereocenters. The number of hydrogen-bond donors (Lipinski definition) is 2. The van der Waals surface area contributed by atoms with E-state index in [9.17, 15) is 5.11 Å². The van der Waals surface area contributed by atoms with Gasteiger partial charge in [-0.1, -0.05) is 0 Å². The van der Waals surface area contributed by atoms with Crippen LogP contribution in [0.5, 0.6) is 5.75 Å². The average Bonchev–Trinajstić information content (AvgIpc) is 2.12. The van der Waals surface area contributed by atoms with Crippen molar-refractivity contribution in [2.75, 3.05) is 5.73 Å². The Bertz CT molecular complexity index is 470. The van der Waals surface area contributed by atoms with Crippen LogP contribution in [0.25, 0.3) is 10.9 Å². The molecule has 0 amide bonds. The van der Waals surface area contributed by atoms with Crippen molar-refractivity contribution in [2.24, 2.45) is 0 Å². The zero-order valence-corrected chi connectivity index (χ0v) is 8.25. The second kappa shape index (κ2) is 2.88. The van der Waals surface area contributed by atoms with E-state index in [-0.39, 0.29) is 5.75 Å². The molecule has 0 aliphatic rings. The van der Waals surface area contributed by atoms with Crippen LogP contribution in [-0.4, -0.2) is 10.1 Å². The standard InChI is InChI=1S/C9H7BrN2O/c10-5-3-6-7(11)1-2-8(13)9(6)12-4-5/h1-4,13H,11H2. The fraction of sp³-hybridized carbons (Fsp3) is 0. The Labute approximate surface area is 83.3 Å². The van der Waals surface area contributed by atoms with Crippen LogP contribution >= 0.6 is 15.9 Å². The number of phenols is 1. The van der Waals surface area contributed by atoms with Gasteiger partial charge in [-0.3, -0.25) is 4.98 Å². The molecule has 2 aromatic rings. The summed E-state index contributed by atoms with van der Waals surface area (Å²) in [6.07, 6.45) is 1.63. The fourth-order valence-electron chi connectivity index (χ4n) is 1.20. The van der Waals surface area contributed by atoms with Gasteiger partial charge in [0, 0.05) is 21.7 Å². The van der Waals surface area contributed by atoms with Crippen molar-refractivity contribution in [1.82, 2.24) is 4.98 Å². The second-order valence-electron chi connectivity index (χ2n) is 2.72. The van der Waals surface area contributed by atoms with Crippen molar-refractivity contribution in [3.8, 4) is 5.75 Å². The maximum atomic E-state index is 9.45. The lowest BCUT2D eigenvalue weighted by Crippen LogP contribution is -1.88. The largest absolute Gasteiger partial charge is 0.506 e. The quantitative estimate of drug-likeness (QED) is 0.547. The Morgan fingerprint density at radius 1 is 1.38 bits per heavy atom. The third-order valence-electron chi connectivity index (χ3n) is 1.83. The van der Waals surface area contributed by atoms with E-state index >= 15 is 0 Å². The lowest BCUT2D eigenvalue weighted by Gasteiger charge is -2.03. The molecule has 0 aliphatic heterocycles. The van der Waals surface area contributed by atoms with Gasteiger partial charge in [-0.2, -0.15) is 0 Å². The molecule has 0 saturated carbocycles. The van der Waals surface area contributed by atoms with Crippen molar-refractivity contribution in [2.45, 2.75) is 0 Å². The number of halogens is 1. The van der Waals surface area contributed by atoms with Crippen molar-refractivity contribution in [3.63, 3.8) is 0 Å². The van der Waals surface area contributed by atoms with E-state index in [0.29, 0.717) is 11.2 Å². The van der Waals surface area contributed by atoms with Crippen molar-refractivity contribution >= 4 is 32.5 Å². The molecule has 2 rings (SSSR count). The predicted molar refractivity (Wildman–Crippen MR) is 55.5 cm³/mol. The van der Waals surface area contributed by atoms with E-state index in [0.717, 1.165) is 9.86 Å². The number of aromatic nitrogens is 1. The number of hydrogen-bond acceptors (Lipinski definition) is 3. The molecular formula is C9H7BrN2O. The smallest absolute Gasteiger partial charge is 0.141 e. The van der Waals surface area contributed by atoms with Crippen molar-refractivity contribution in [3.05, 3.63) is 28.9 Å². The summed E-state index contributed by atoms with van der Waals surface area (Å²) in [5.74, 6) is 0.150. The Balaban J connectivity index is 2.92. The minimum Gasteiger partial charge on any atom is -0.506 e. The Morgan fingerprint density at radius 3 is 2.92 bits per heavy atom. The highest BCUT2D eigenvalue weighted by atomic mass is 79.9. The number of nitrogens with zero attached hydrogens (tertiary/aromatic N) is 1. The van der Waals surface area contributed by atoms with Crippen LogP contribution < -0.4 is 5.73 Å². The van der Waals surface area contributed by atoms with Gasteiger partial charge in [0.15, 0.2) is 0 Å². The molecule has 1 aromatic heterocycles. The summed E-state index contributed by atoms with van der Waals surface area (Å²) in [5, 5.41) is 10.2. The first-order valence-corrected chi connectivity index (χ1v) is 4.50. The lowest BCUT2D eigenvalue weighted by atomic mass is 10.2. The van der Waals surface area contributed by atoms with Gasteiger partial charge < -0.3 is 10.8 Å². The molecule has 0 aliphatic carbocycles. The predicted octanol–water partition coefficient (Wildman–Crippen LogP) is 2.29. The van der Waals surface area contributed by atoms with Crippen LogP contribution in [0.15, 0.2) is 28.9 Å². The van der Waals surface area contributed by atoms with Crippen molar-refractivity contribution in [1.29, 1.82) is 0 Å². The summed E-state index contributed by atoms with van der Waals surface area (Å²) in [4.78, 5) is 4.06.